The van der Waals surface area contributed by atoms with Gasteiger partial charge < -0.3 is 24.1 Å². The highest BCUT2D eigenvalue weighted by atomic mass is 16.5. The van der Waals surface area contributed by atoms with Crippen LogP contribution in [0.15, 0.2) is 36.4 Å². The fourth-order valence-corrected chi connectivity index (χ4v) is 3.93. The molecule has 0 atom stereocenters. The second-order valence-electron chi connectivity index (χ2n) is 7.29. The van der Waals surface area contributed by atoms with Crippen LogP contribution in [0.3, 0.4) is 0 Å². The summed E-state index contributed by atoms with van der Waals surface area (Å²) in [4.78, 5) is 30.2. The maximum atomic E-state index is 12.7. The Hall–Kier alpha value is -3.48. The van der Waals surface area contributed by atoms with Crippen LogP contribution in [0.5, 0.6) is 11.5 Å². The van der Waals surface area contributed by atoms with Gasteiger partial charge in [-0.3, -0.25) is 4.79 Å². The van der Waals surface area contributed by atoms with E-state index in [0.717, 1.165) is 27.7 Å². The van der Waals surface area contributed by atoms with Gasteiger partial charge in [-0.15, -0.1) is 0 Å². The van der Waals surface area contributed by atoms with Crippen molar-refractivity contribution in [3.05, 3.63) is 58.8 Å². The molecule has 0 aliphatic carbocycles. The number of methoxy groups -OCH3 is 2. The highest BCUT2D eigenvalue weighted by Gasteiger charge is 2.25. The minimum Gasteiger partial charge on any atom is -0.493 e. The number of nitrogens with one attached hydrogen (secondary N) is 1. The number of aromatic nitrogens is 1. The third kappa shape index (κ3) is 3.58. The van der Waals surface area contributed by atoms with Crippen LogP contribution in [0.1, 0.15) is 27.2 Å². The molecule has 0 radical (unpaired) electrons. The third-order valence-corrected chi connectivity index (χ3v) is 5.50. The lowest BCUT2D eigenvalue weighted by molar-refractivity contribution is -0.135. The fraction of sp³-hybridized carbons (Fsp3) is 0.304. The number of aromatic amines is 1. The number of H-pyrrole nitrogens is 1. The molecule has 4 rings (SSSR count). The summed E-state index contributed by atoms with van der Waals surface area (Å²) in [6, 6.07) is 11.4. The van der Waals surface area contributed by atoms with Crippen LogP contribution < -0.4 is 9.47 Å². The Bertz CT molecular complexity index is 1120. The molecule has 1 N–H and O–H groups in total. The van der Waals surface area contributed by atoms with Crippen molar-refractivity contribution in [3.8, 4) is 11.5 Å². The van der Waals surface area contributed by atoms with Crippen molar-refractivity contribution in [2.24, 2.45) is 0 Å². The number of fused-ring (bicyclic) bond motifs is 2. The summed E-state index contributed by atoms with van der Waals surface area (Å²) in [7, 11) is 3.19. The van der Waals surface area contributed by atoms with E-state index in [2.05, 4.69) is 4.98 Å². The van der Waals surface area contributed by atoms with E-state index in [0.29, 0.717) is 36.6 Å². The molecule has 7 heteroatoms. The SMILES string of the molecule is COc1cc2c(cc1OC)CN(C(=O)COC(=O)c1c(C)[nH]c3ccccc13)CC2. The molecule has 0 fully saturated rings. The maximum Gasteiger partial charge on any atom is 0.341 e. The molecule has 1 amide bonds. The molecule has 7 nitrogen and oxygen atoms in total. The Balaban J connectivity index is 1.44. The minimum atomic E-state index is -0.498. The monoisotopic (exact) mass is 408 g/mol. The molecule has 2 heterocycles. The van der Waals surface area contributed by atoms with Gasteiger partial charge in [-0.05, 0) is 42.7 Å². The topological polar surface area (TPSA) is 80.9 Å². The average Bonchev–Trinajstić information content (AvgIpc) is 3.11. The number of hydrogen-bond acceptors (Lipinski definition) is 5. The molecule has 156 valence electrons. The van der Waals surface area contributed by atoms with Gasteiger partial charge in [0.1, 0.15) is 0 Å². The first kappa shape index (κ1) is 19.8. The summed E-state index contributed by atoms with van der Waals surface area (Å²) in [6.07, 6.45) is 0.705. The van der Waals surface area contributed by atoms with Gasteiger partial charge in [0.2, 0.25) is 0 Å². The first-order valence-electron chi connectivity index (χ1n) is 9.77. The number of benzene rings is 2. The van der Waals surface area contributed by atoms with E-state index in [4.69, 9.17) is 14.2 Å². The lowest BCUT2D eigenvalue weighted by Crippen LogP contribution is -2.38. The molecule has 1 aliphatic heterocycles. The Morgan fingerprint density at radius 1 is 1.07 bits per heavy atom. The number of carbonyl (C=O) groups excluding carboxylic acids is 2. The van der Waals surface area contributed by atoms with Gasteiger partial charge >= 0.3 is 5.97 Å². The van der Waals surface area contributed by atoms with Gasteiger partial charge in [-0.1, -0.05) is 18.2 Å². The lowest BCUT2D eigenvalue weighted by Gasteiger charge is -2.29. The third-order valence-electron chi connectivity index (χ3n) is 5.50. The van der Waals surface area contributed by atoms with Crippen molar-refractivity contribution in [1.82, 2.24) is 9.88 Å². The maximum absolute atomic E-state index is 12.7. The number of carbonyl (C=O) groups is 2. The van der Waals surface area contributed by atoms with Gasteiger partial charge in [0.05, 0.1) is 19.8 Å². The number of esters is 1. The summed E-state index contributed by atoms with van der Waals surface area (Å²) >= 11 is 0. The Morgan fingerprint density at radius 2 is 1.77 bits per heavy atom. The standard InChI is InChI=1S/C23H24N2O5/c1-14-22(17-6-4-5-7-18(17)24-14)23(27)30-13-21(26)25-9-8-15-10-19(28-2)20(29-3)11-16(15)12-25/h4-7,10-11,24H,8-9,12-13H2,1-3H3. The molecule has 0 spiro atoms. The van der Waals surface area contributed by atoms with Crippen LogP contribution in [-0.4, -0.2) is 49.1 Å². The predicted octanol–water partition coefficient (Wildman–Crippen LogP) is 3.24. The van der Waals surface area contributed by atoms with E-state index < -0.39 is 5.97 Å². The zero-order chi connectivity index (χ0) is 21.3. The molecule has 1 aromatic heterocycles. The molecule has 0 bridgehead atoms. The lowest BCUT2D eigenvalue weighted by atomic mass is 9.99. The fourth-order valence-electron chi connectivity index (χ4n) is 3.93. The van der Waals surface area contributed by atoms with Crippen LogP contribution in [0.2, 0.25) is 0 Å². The molecule has 0 unspecified atom stereocenters. The largest absolute Gasteiger partial charge is 0.493 e. The van der Waals surface area contributed by atoms with Crippen molar-refractivity contribution < 1.29 is 23.8 Å². The first-order chi connectivity index (χ1) is 14.5. The zero-order valence-corrected chi connectivity index (χ0v) is 17.3. The van der Waals surface area contributed by atoms with Gasteiger partial charge in [0.25, 0.3) is 5.91 Å². The van der Waals surface area contributed by atoms with E-state index in [1.54, 1.807) is 19.1 Å². The Labute approximate surface area is 174 Å². The average molecular weight is 408 g/mol. The normalized spacial score (nSPS) is 13.1. The Kier molecular flexibility index (Phi) is 5.35. The van der Waals surface area contributed by atoms with E-state index in [-0.39, 0.29) is 12.5 Å². The van der Waals surface area contributed by atoms with Crippen molar-refractivity contribution >= 4 is 22.8 Å². The van der Waals surface area contributed by atoms with Crippen molar-refractivity contribution in [2.75, 3.05) is 27.4 Å². The van der Waals surface area contributed by atoms with Crippen molar-refractivity contribution in [3.63, 3.8) is 0 Å². The molecule has 30 heavy (non-hydrogen) atoms. The van der Waals surface area contributed by atoms with Gasteiger partial charge in [-0.25, -0.2) is 4.79 Å². The second-order valence-corrected chi connectivity index (χ2v) is 7.29. The number of aryl methyl sites for hydroxylation is 1. The predicted molar refractivity (Wildman–Crippen MR) is 112 cm³/mol. The van der Waals surface area contributed by atoms with Gasteiger partial charge in [0, 0.05) is 29.7 Å². The van der Waals surface area contributed by atoms with Crippen LogP contribution in [-0.2, 0) is 22.5 Å². The van der Waals surface area contributed by atoms with E-state index in [9.17, 15) is 9.59 Å². The number of rotatable bonds is 5. The highest BCUT2D eigenvalue weighted by molar-refractivity contribution is 6.06. The van der Waals surface area contributed by atoms with E-state index in [1.165, 1.54) is 0 Å². The Morgan fingerprint density at radius 3 is 2.50 bits per heavy atom. The quantitative estimate of drug-likeness (QED) is 0.656. The van der Waals surface area contributed by atoms with Gasteiger partial charge in [-0.2, -0.15) is 0 Å². The van der Waals surface area contributed by atoms with Crippen LogP contribution in [0, 0.1) is 6.92 Å². The van der Waals surface area contributed by atoms with Crippen LogP contribution >= 0.6 is 0 Å². The molecule has 0 saturated heterocycles. The van der Waals surface area contributed by atoms with Crippen LogP contribution in [0.4, 0.5) is 0 Å². The molecule has 1 aliphatic rings. The first-order valence-corrected chi connectivity index (χ1v) is 9.77. The summed E-state index contributed by atoms with van der Waals surface area (Å²) in [5, 5.41) is 0.792. The molecular weight excluding hydrogens is 384 g/mol. The van der Waals surface area contributed by atoms with Crippen LogP contribution in [0.25, 0.3) is 10.9 Å². The van der Waals surface area contributed by atoms with E-state index in [1.807, 2.05) is 43.3 Å². The molecule has 3 aromatic rings. The number of para-hydroxylation sites is 1. The second kappa shape index (κ2) is 8.10. The van der Waals surface area contributed by atoms with Crippen molar-refractivity contribution in [1.29, 1.82) is 0 Å². The summed E-state index contributed by atoms with van der Waals surface area (Å²) in [5.74, 6) is 0.592. The number of nitrogens with zero attached hydrogens (tertiary/aromatic N) is 1. The number of ether oxygens (including phenoxy) is 3. The smallest absolute Gasteiger partial charge is 0.341 e. The van der Waals surface area contributed by atoms with E-state index >= 15 is 0 Å². The molecule has 2 aromatic carbocycles. The molecular formula is C23H24N2O5. The highest BCUT2D eigenvalue weighted by Crippen LogP contribution is 2.33. The minimum absolute atomic E-state index is 0.221. The summed E-state index contributed by atoms with van der Waals surface area (Å²) in [5.41, 5.74) is 4.19. The van der Waals surface area contributed by atoms with Crippen molar-refractivity contribution in [2.45, 2.75) is 19.9 Å². The van der Waals surface area contributed by atoms with Gasteiger partial charge in [0.15, 0.2) is 18.1 Å². The zero-order valence-electron chi connectivity index (χ0n) is 17.3. The summed E-state index contributed by atoms with van der Waals surface area (Å²) < 4.78 is 16.1. The number of amides is 1. The summed E-state index contributed by atoms with van der Waals surface area (Å²) in [6.45, 7) is 2.53. The molecule has 0 saturated carbocycles. The number of hydrogen-bond donors (Lipinski definition) is 1.